The van der Waals surface area contributed by atoms with Crippen molar-refractivity contribution < 1.29 is 0 Å². The van der Waals surface area contributed by atoms with Crippen LogP contribution in [0.3, 0.4) is 0 Å². The minimum absolute atomic E-state index is 0.111. The van der Waals surface area contributed by atoms with Crippen molar-refractivity contribution in [1.82, 2.24) is 20.2 Å². The molecule has 0 saturated carbocycles. The molecule has 0 aliphatic heterocycles. The zero-order valence-electron chi connectivity index (χ0n) is 14.3. The molecule has 2 aromatic heterocycles. The number of aromatic nitrogens is 4. The predicted molar refractivity (Wildman–Crippen MR) is 103 cm³/mol. The van der Waals surface area contributed by atoms with Crippen molar-refractivity contribution in [3.05, 3.63) is 78.6 Å². The molecule has 1 unspecified atom stereocenters. The first kappa shape index (κ1) is 16.0. The van der Waals surface area contributed by atoms with Crippen molar-refractivity contribution in [2.75, 3.05) is 10.6 Å². The maximum Gasteiger partial charge on any atom is 0.249 e. The molecule has 0 fully saturated rings. The Morgan fingerprint density at radius 1 is 0.923 bits per heavy atom. The van der Waals surface area contributed by atoms with Crippen molar-refractivity contribution in [2.24, 2.45) is 0 Å². The third kappa shape index (κ3) is 3.44. The van der Waals surface area contributed by atoms with Gasteiger partial charge in [0.05, 0.1) is 17.4 Å². The third-order valence-corrected chi connectivity index (χ3v) is 4.10. The van der Waals surface area contributed by atoms with Gasteiger partial charge in [-0.05, 0) is 24.6 Å². The summed E-state index contributed by atoms with van der Waals surface area (Å²) in [5.41, 5.74) is 2.90. The molecule has 2 N–H and O–H groups in total. The molecule has 6 nitrogen and oxygen atoms in total. The highest BCUT2D eigenvalue weighted by Crippen LogP contribution is 2.23. The van der Waals surface area contributed by atoms with Gasteiger partial charge in [0.15, 0.2) is 5.82 Å². The smallest absolute Gasteiger partial charge is 0.249 e. The number of benzene rings is 2. The Hall–Kier alpha value is -3.54. The van der Waals surface area contributed by atoms with Gasteiger partial charge >= 0.3 is 0 Å². The van der Waals surface area contributed by atoms with E-state index in [-0.39, 0.29) is 6.04 Å². The number of hydrogen-bond acceptors (Lipinski definition) is 6. The molecule has 0 aliphatic carbocycles. The lowest BCUT2D eigenvalue weighted by molar-refractivity contribution is 0.861. The fourth-order valence-corrected chi connectivity index (χ4v) is 2.80. The Morgan fingerprint density at radius 2 is 1.77 bits per heavy atom. The molecule has 1 atom stereocenters. The number of hydrogen-bond donors (Lipinski definition) is 2. The Labute approximate surface area is 151 Å². The van der Waals surface area contributed by atoms with E-state index in [1.54, 1.807) is 12.4 Å². The van der Waals surface area contributed by atoms with Gasteiger partial charge in [-0.3, -0.25) is 4.98 Å². The van der Waals surface area contributed by atoms with Gasteiger partial charge in [0, 0.05) is 17.6 Å². The molecule has 6 heteroatoms. The number of nitrogens with zero attached hydrogens (tertiary/aromatic N) is 4. The van der Waals surface area contributed by atoms with E-state index in [9.17, 15) is 0 Å². The quantitative estimate of drug-likeness (QED) is 0.562. The number of para-hydroxylation sites is 1. The summed E-state index contributed by atoms with van der Waals surface area (Å²) in [6.07, 6.45) is 3.39. The van der Waals surface area contributed by atoms with Gasteiger partial charge in [-0.15, -0.1) is 5.10 Å². The average Bonchev–Trinajstić information content (AvgIpc) is 2.69. The molecule has 0 spiro atoms. The lowest BCUT2D eigenvalue weighted by Gasteiger charge is -2.15. The van der Waals surface area contributed by atoms with E-state index in [0.29, 0.717) is 11.8 Å². The number of pyridine rings is 1. The van der Waals surface area contributed by atoms with Crippen LogP contribution in [0.1, 0.15) is 18.5 Å². The summed E-state index contributed by atoms with van der Waals surface area (Å²) in [6, 6.07) is 20.2. The van der Waals surface area contributed by atoms with Crippen LogP contribution in [0.15, 0.2) is 73.1 Å². The maximum atomic E-state index is 4.52. The minimum atomic E-state index is 0.111. The lowest BCUT2D eigenvalue weighted by atomic mass is 10.1. The molecule has 0 bridgehead atoms. The average molecular weight is 342 g/mol. The molecule has 26 heavy (non-hydrogen) atoms. The molecular weight excluding hydrogens is 324 g/mol. The van der Waals surface area contributed by atoms with Crippen LogP contribution in [0.2, 0.25) is 0 Å². The van der Waals surface area contributed by atoms with Crippen molar-refractivity contribution in [3.8, 4) is 0 Å². The second-order valence-corrected chi connectivity index (χ2v) is 5.95. The van der Waals surface area contributed by atoms with Gasteiger partial charge in [0.25, 0.3) is 0 Å². The highest BCUT2D eigenvalue weighted by atomic mass is 15.3. The Kier molecular flexibility index (Phi) is 4.38. The highest BCUT2D eigenvalue weighted by molar-refractivity contribution is 5.91. The van der Waals surface area contributed by atoms with Crippen LogP contribution >= 0.6 is 0 Å². The maximum absolute atomic E-state index is 4.52. The fraction of sp³-hybridized carbons (Fsp3) is 0.100. The van der Waals surface area contributed by atoms with Crippen LogP contribution in [0, 0.1) is 0 Å². The molecule has 4 rings (SSSR count). The van der Waals surface area contributed by atoms with Crippen molar-refractivity contribution in [3.63, 3.8) is 0 Å². The second-order valence-electron chi connectivity index (χ2n) is 5.95. The zero-order valence-corrected chi connectivity index (χ0v) is 14.3. The Bertz CT molecular complexity index is 1010. The number of anilines is 3. The molecule has 4 aromatic rings. The van der Waals surface area contributed by atoms with Crippen LogP contribution in [-0.4, -0.2) is 20.2 Å². The fourth-order valence-electron chi connectivity index (χ4n) is 2.80. The van der Waals surface area contributed by atoms with E-state index in [2.05, 4.69) is 49.9 Å². The largest absolute Gasteiger partial charge is 0.362 e. The van der Waals surface area contributed by atoms with Crippen LogP contribution < -0.4 is 10.6 Å². The van der Waals surface area contributed by atoms with E-state index in [1.165, 1.54) is 5.56 Å². The number of rotatable bonds is 5. The second kappa shape index (κ2) is 7.14. The zero-order chi connectivity index (χ0) is 17.8. The van der Waals surface area contributed by atoms with E-state index >= 15 is 0 Å². The van der Waals surface area contributed by atoms with Gasteiger partial charge in [0.2, 0.25) is 5.95 Å². The van der Waals surface area contributed by atoms with E-state index in [1.807, 2.05) is 48.5 Å². The third-order valence-electron chi connectivity index (χ3n) is 4.10. The summed E-state index contributed by atoms with van der Waals surface area (Å²) >= 11 is 0. The SMILES string of the molecule is CC(Nc1cnnc(Nc2cccc3cccnc23)n1)c1ccccc1. The highest BCUT2D eigenvalue weighted by Gasteiger charge is 2.08. The van der Waals surface area contributed by atoms with Crippen molar-refractivity contribution >= 4 is 28.4 Å². The number of fused-ring (bicyclic) bond motifs is 1. The summed E-state index contributed by atoms with van der Waals surface area (Å²) < 4.78 is 0. The molecule has 2 aromatic carbocycles. The van der Waals surface area contributed by atoms with Gasteiger partial charge in [-0.25, -0.2) is 0 Å². The Balaban J connectivity index is 1.56. The predicted octanol–water partition coefficient (Wildman–Crippen LogP) is 4.34. The van der Waals surface area contributed by atoms with Crippen molar-refractivity contribution in [2.45, 2.75) is 13.0 Å². The first-order chi connectivity index (χ1) is 12.8. The molecule has 128 valence electrons. The molecule has 2 heterocycles. The monoisotopic (exact) mass is 342 g/mol. The first-order valence-electron chi connectivity index (χ1n) is 8.41. The Morgan fingerprint density at radius 3 is 2.65 bits per heavy atom. The summed E-state index contributed by atoms with van der Waals surface area (Å²) in [4.78, 5) is 8.95. The van der Waals surface area contributed by atoms with Crippen LogP contribution in [-0.2, 0) is 0 Å². The van der Waals surface area contributed by atoms with Gasteiger partial charge in [0.1, 0.15) is 0 Å². The summed E-state index contributed by atoms with van der Waals surface area (Å²) in [6.45, 7) is 2.08. The van der Waals surface area contributed by atoms with E-state index in [4.69, 9.17) is 0 Å². The molecule has 0 radical (unpaired) electrons. The van der Waals surface area contributed by atoms with Gasteiger partial charge in [-0.1, -0.05) is 48.5 Å². The molecule has 0 saturated heterocycles. The van der Waals surface area contributed by atoms with Crippen molar-refractivity contribution in [1.29, 1.82) is 0 Å². The van der Waals surface area contributed by atoms with E-state index in [0.717, 1.165) is 16.6 Å². The van der Waals surface area contributed by atoms with Crippen LogP contribution in [0.5, 0.6) is 0 Å². The summed E-state index contributed by atoms with van der Waals surface area (Å²) in [7, 11) is 0. The molecule has 0 aliphatic rings. The van der Waals surface area contributed by atoms with Gasteiger partial charge in [-0.2, -0.15) is 10.1 Å². The lowest BCUT2D eigenvalue weighted by Crippen LogP contribution is -2.10. The van der Waals surface area contributed by atoms with Crippen LogP contribution in [0.4, 0.5) is 17.5 Å². The molecular formula is C20H18N6. The van der Waals surface area contributed by atoms with Crippen LogP contribution in [0.25, 0.3) is 10.9 Å². The molecule has 0 amide bonds. The van der Waals surface area contributed by atoms with Gasteiger partial charge < -0.3 is 10.6 Å². The topological polar surface area (TPSA) is 75.6 Å². The standard InChI is InChI=1S/C20H18N6/c1-14(15-7-3-2-4-8-15)23-18-13-22-26-20(25-18)24-17-11-5-9-16-10-6-12-21-19(16)17/h2-14H,1H3,(H2,23,24,25,26). The normalized spacial score (nSPS) is 11.9. The summed E-state index contributed by atoms with van der Waals surface area (Å²) in [5.74, 6) is 1.08. The minimum Gasteiger partial charge on any atom is -0.362 e. The summed E-state index contributed by atoms with van der Waals surface area (Å²) in [5, 5.41) is 15.7. The van der Waals surface area contributed by atoms with E-state index < -0.39 is 0 Å². The number of nitrogens with one attached hydrogen (secondary N) is 2. The first-order valence-corrected chi connectivity index (χ1v) is 8.41.